The SMILES string of the molecule is O=C(CC1CNCCO1)Nc1cccc(N2CCCC2)c1. The maximum Gasteiger partial charge on any atom is 0.227 e. The van der Waals surface area contributed by atoms with E-state index in [2.05, 4.69) is 27.7 Å². The number of anilines is 2. The Morgan fingerprint density at radius 3 is 3.00 bits per heavy atom. The standard InChI is InChI=1S/C16H23N3O2/c20-16(11-15-12-17-6-9-21-15)18-13-4-3-5-14(10-13)19-7-1-2-8-19/h3-5,10,15,17H,1-2,6-9,11-12H2,(H,18,20). The van der Waals surface area contributed by atoms with Crippen LogP contribution in [-0.4, -0.2) is 44.8 Å². The van der Waals surface area contributed by atoms with Gasteiger partial charge in [0, 0.05) is 37.6 Å². The van der Waals surface area contributed by atoms with Crippen LogP contribution in [0.1, 0.15) is 19.3 Å². The number of benzene rings is 1. The lowest BCUT2D eigenvalue weighted by molar-refractivity contribution is -0.119. The maximum absolute atomic E-state index is 12.1. The lowest BCUT2D eigenvalue weighted by Crippen LogP contribution is -2.40. The first-order chi connectivity index (χ1) is 10.3. The van der Waals surface area contributed by atoms with E-state index in [9.17, 15) is 4.79 Å². The topological polar surface area (TPSA) is 53.6 Å². The molecule has 0 saturated carbocycles. The number of rotatable bonds is 4. The fraction of sp³-hybridized carbons (Fsp3) is 0.562. The van der Waals surface area contributed by atoms with Crippen LogP contribution in [-0.2, 0) is 9.53 Å². The first-order valence-electron chi connectivity index (χ1n) is 7.78. The van der Waals surface area contributed by atoms with E-state index in [1.807, 2.05) is 12.1 Å². The van der Waals surface area contributed by atoms with E-state index in [-0.39, 0.29) is 12.0 Å². The van der Waals surface area contributed by atoms with Crippen molar-refractivity contribution in [2.45, 2.75) is 25.4 Å². The molecule has 2 aliphatic heterocycles. The van der Waals surface area contributed by atoms with Crippen molar-refractivity contribution < 1.29 is 9.53 Å². The maximum atomic E-state index is 12.1. The molecule has 0 bridgehead atoms. The van der Waals surface area contributed by atoms with E-state index in [1.165, 1.54) is 18.5 Å². The van der Waals surface area contributed by atoms with Crippen LogP contribution in [0.3, 0.4) is 0 Å². The van der Waals surface area contributed by atoms with Crippen molar-refractivity contribution in [3.05, 3.63) is 24.3 Å². The Balaban J connectivity index is 1.56. The number of hydrogen-bond donors (Lipinski definition) is 2. The quantitative estimate of drug-likeness (QED) is 0.884. The summed E-state index contributed by atoms with van der Waals surface area (Å²) in [5.74, 6) is 0.0160. The minimum absolute atomic E-state index is 0.0134. The molecule has 0 radical (unpaired) electrons. The van der Waals surface area contributed by atoms with E-state index in [0.717, 1.165) is 31.9 Å². The molecule has 5 nitrogen and oxygen atoms in total. The molecule has 0 spiro atoms. The Bertz CT molecular complexity index is 480. The third-order valence-corrected chi connectivity index (χ3v) is 4.02. The highest BCUT2D eigenvalue weighted by atomic mass is 16.5. The zero-order valence-electron chi connectivity index (χ0n) is 12.3. The van der Waals surface area contributed by atoms with Gasteiger partial charge in [0.1, 0.15) is 0 Å². The minimum Gasteiger partial charge on any atom is -0.375 e. The van der Waals surface area contributed by atoms with Crippen LogP contribution in [0.15, 0.2) is 24.3 Å². The van der Waals surface area contributed by atoms with Gasteiger partial charge in [-0.1, -0.05) is 6.07 Å². The number of morpholine rings is 1. The number of hydrogen-bond acceptors (Lipinski definition) is 4. The monoisotopic (exact) mass is 289 g/mol. The van der Waals surface area contributed by atoms with Gasteiger partial charge in [-0.3, -0.25) is 4.79 Å². The van der Waals surface area contributed by atoms with E-state index >= 15 is 0 Å². The number of nitrogens with one attached hydrogen (secondary N) is 2. The lowest BCUT2D eigenvalue weighted by atomic mass is 10.2. The molecule has 1 aromatic carbocycles. The molecule has 1 aromatic rings. The summed E-state index contributed by atoms with van der Waals surface area (Å²) in [5, 5.41) is 6.22. The van der Waals surface area contributed by atoms with Crippen LogP contribution in [0.2, 0.25) is 0 Å². The van der Waals surface area contributed by atoms with Gasteiger partial charge in [-0.05, 0) is 31.0 Å². The molecule has 2 saturated heterocycles. The number of nitrogens with zero attached hydrogens (tertiary/aromatic N) is 1. The first kappa shape index (κ1) is 14.4. The molecule has 2 N–H and O–H groups in total. The molecular weight excluding hydrogens is 266 g/mol. The Labute approximate surface area is 125 Å². The highest BCUT2D eigenvalue weighted by molar-refractivity contribution is 5.91. The molecule has 2 heterocycles. The van der Waals surface area contributed by atoms with Crippen LogP contribution >= 0.6 is 0 Å². The highest BCUT2D eigenvalue weighted by Crippen LogP contribution is 2.23. The summed E-state index contributed by atoms with van der Waals surface area (Å²) in [6.07, 6.45) is 2.90. The predicted molar refractivity (Wildman–Crippen MR) is 83.7 cm³/mol. The third-order valence-electron chi connectivity index (χ3n) is 4.02. The van der Waals surface area contributed by atoms with Crippen molar-refractivity contribution in [2.24, 2.45) is 0 Å². The van der Waals surface area contributed by atoms with Crippen molar-refractivity contribution >= 4 is 17.3 Å². The van der Waals surface area contributed by atoms with E-state index in [4.69, 9.17) is 4.74 Å². The van der Waals surface area contributed by atoms with Gasteiger partial charge < -0.3 is 20.3 Å². The van der Waals surface area contributed by atoms with Crippen molar-refractivity contribution in [3.63, 3.8) is 0 Å². The summed E-state index contributed by atoms with van der Waals surface area (Å²) in [6.45, 7) is 4.53. The second-order valence-electron chi connectivity index (χ2n) is 5.69. The van der Waals surface area contributed by atoms with Crippen molar-refractivity contribution in [3.8, 4) is 0 Å². The summed E-state index contributed by atoms with van der Waals surface area (Å²) < 4.78 is 5.56. The average Bonchev–Trinajstić information content (AvgIpc) is 3.02. The van der Waals surface area contributed by atoms with E-state index in [1.54, 1.807) is 0 Å². The summed E-state index contributed by atoms with van der Waals surface area (Å²) in [6, 6.07) is 8.11. The van der Waals surface area contributed by atoms with Gasteiger partial charge in [-0.15, -0.1) is 0 Å². The normalized spacial score (nSPS) is 22.3. The van der Waals surface area contributed by atoms with Gasteiger partial charge in [0.2, 0.25) is 5.91 Å². The number of ether oxygens (including phenoxy) is 1. The summed E-state index contributed by atoms with van der Waals surface area (Å²) >= 11 is 0. The van der Waals surface area contributed by atoms with Crippen molar-refractivity contribution in [1.29, 1.82) is 0 Å². The summed E-state index contributed by atoms with van der Waals surface area (Å²) in [7, 11) is 0. The Hall–Kier alpha value is -1.59. The average molecular weight is 289 g/mol. The molecule has 2 fully saturated rings. The second kappa shape index (κ2) is 6.91. The lowest BCUT2D eigenvalue weighted by Gasteiger charge is -2.23. The van der Waals surface area contributed by atoms with Crippen molar-refractivity contribution in [1.82, 2.24) is 5.32 Å². The van der Waals surface area contributed by atoms with Crippen LogP contribution in [0.25, 0.3) is 0 Å². The van der Waals surface area contributed by atoms with E-state index in [0.29, 0.717) is 13.0 Å². The smallest absolute Gasteiger partial charge is 0.227 e. The van der Waals surface area contributed by atoms with Gasteiger partial charge in [0.15, 0.2) is 0 Å². The zero-order valence-corrected chi connectivity index (χ0v) is 12.3. The Kier molecular flexibility index (Phi) is 4.72. The third kappa shape index (κ3) is 3.95. The Morgan fingerprint density at radius 2 is 2.24 bits per heavy atom. The highest BCUT2D eigenvalue weighted by Gasteiger charge is 2.18. The molecule has 1 atom stereocenters. The fourth-order valence-corrected chi connectivity index (χ4v) is 2.93. The molecule has 0 aromatic heterocycles. The fourth-order valence-electron chi connectivity index (χ4n) is 2.93. The second-order valence-corrected chi connectivity index (χ2v) is 5.69. The molecular formula is C16H23N3O2. The summed E-state index contributed by atoms with van der Waals surface area (Å²) in [5.41, 5.74) is 2.06. The van der Waals surface area contributed by atoms with Gasteiger partial charge in [-0.2, -0.15) is 0 Å². The molecule has 5 heteroatoms. The molecule has 0 aliphatic carbocycles. The zero-order chi connectivity index (χ0) is 14.5. The number of carbonyl (C=O) groups excluding carboxylic acids is 1. The van der Waals surface area contributed by atoms with Gasteiger partial charge >= 0.3 is 0 Å². The number of amides is 1. The largest absolute Gasteiger partial charge is 0.375 e. The van der Waals surface area contributed by atoms with E-state index < -0.39 is 0 Å². The summed E-state index contributed by atoms with van der Waals surface area (Å²) in [4.78, 5) is 14.4. The van der Waals surface area contributed by atoms with Crippen molar-refractivity contribution in [2.75, 3.05) is 43.0 Å². The molecule has 114 valence electrons. The van der Waals surface area contributed by atoms with Crippen LogP contribution in [0.5, 0.6) is 0 Å². The number of carbonyl (C=O) groups is 1. The van der Waals surface area contributed by atoms with Crippen LogP contribution < -0.4 is 15.5 Å². The van der Waals surface area contributed by atoms with Crippen LogP contribution in [0.4, 0.5) is 11.4 Å². The van der Waals surface area contributed by atoms with Gasteiger partial charge in [0.25, 0.3) is 0 Å². The minimum atomic E-state index is -0.0134. The van der Waals surface area contributed by atoms with Gasteiger partial charge in [0.05, 0.1) is 19.1 Å². The molecule has 2 aliphatic rings. The first-order valence-corrected chi connectivity index (χ1v) is 7.78. The van der Waals surface area contributed by atoms with Crippen LogP contribution in [0, 0.1) is 0 Å². The molecule has 3 rings (SSSR count). The molecule has 21 heavy (non-hydrogen) atoms. The predicted octanol–water partition coefficient (Wildman–Crippen LogP) is 1.60. The molecule has 1 amide bonds. The molecule has 1 unspecified atom stereocenters. The Morgan fingerprint density at radius 1 is 1.38 bits per heavy atom. The van der Waals surface area contributed by atoms with Gasteiger partial charge in [-0.25, -0.2) is 0 Å².